The maximum absolute atomic E-state index is 12.0. The van der Waals surface area contributed by atoms with Gasteiger partial charge in [0.15, 0.2) is 0 Å². The second-order valence-electron chi connectivity index (χ2n) is 6.11. The van der Waals surface area contributed by atoms with Gasteiger partial charge < -0.3 is 16.0 Å². The highest BCUT2D eigenvalue weighted by Crippen LogP contribution is 2.10. The van der Waals surface area contributed by atoms with Gasteiger partial charge in [-0.05, 0) is 43.0 Å². The predicted molar refractivity (Wildman–Crippen MR) is 85.9 cm³/mol. The van der Waals surface area contributed by atoms with Gasteiger partial charge in [-0.25, -0.2) is 0 Å². The van der Waals surface area contributed by atoms with Gasteiger partial charge in [-0.15, -0.1) is 0 Å². The van der Waals surface area contributed by atoms with Crippen molar-refractivity contribution in [3.8, 4) is 0 Å². The van der Waals surface area contributed by atoms with Crippen molar-refractivity contribution in [2.75, 3.05) is 26.2 Å². The zero-order chi connectivity index (χ0) is 15.1. The summed E-state index contributed by atoms with van der Waals surface area (Å²) >= 11 is 0. The summed E-state index contributed by atoms with van der Waals surface area (Å²) in [6, 6.07) is 7.93. The number of rotatable bonds is 7. The summed E-state index contributed by atoms with van der Waals surface area (Å²) in [7, 11) is 0. The molecule has 1 unspecified atom stereocenters. The molecule has 21 heavy (non-hydrogen) atoms. The number of likely N-dealkylation sites (tertiary alicyclic amines) is 1. The fourth-order valence-electron chi connectivity index (χ4n) is 2.80. The number of benzene rings is 1. The number of nitrogens with one attached hydrogen (secondary N) is 1. The van der Waals surface area contributed by atoms with E-state index in [1.165, 1.54) is 25.9 Å². The predicted octanol–water partition coefficient (Wildman–Crippen LogP) is 1.54. The van der Waals surface area contributed by atoms with Gasteiger partial charge in [0, 0.05) is 19.6 Å². The van der Waals surface area contributed by atoms with Crippen LogP contribution in [0, 0.1) is 5.92 Å². The van der Waals surface area contributed by atoms with Crippen molar-refractivity contribution in [1.82, 2.24) is 10.2 Å². The second-order valence-corrected chi connectivity index (χ2v) is 6.11. The largest absolute Gasteiger partial charge is 0.355 e. The highest BCUT2D eigenvalue weighted by molar-refractivity contribution is 5.78. The molecule has 1 fully saturated rings. The zero-order valence-electron chi connectivity index (χ0n) is 13.0. The van der Waals surface area contributed by atoms with Crippen LogP contribution in [0.25, 0.3) is 0 Å². The van der Waals surface area contributed by atoms with E-state index in [1.54, 1.807) is 0 Å². The van der Waals surface area contributed by atoms with Crippen LogP contribution in [0.5, 0.6) is 0 Å². The Bertz CT molecular complexity index is 438. The first-order valence-electron chi connectivity index (χ1n) is 7.94. The molecule has 1 amide bonds. The van der Waals surface area contributed by atoms with Gasteiger partial charge >= 0.3 is 0 Å². The van der Waals surface area contributed by atoms with Crippen LogP contribution < -0.4 is 11.1 Å². The average molecular weight is 289 g/mol. The Morgan fingerprint density at radius 3 is 2.48 bits per heavy atom. The van der Waals surface area contributed by atoms with Crippen LogP contribution in [-0.2, 0) is 17.8 Å². The Kier molecular flexibility index (Phi) is 6.21. The minimum absolute atomic E-state index is 0.101. The summed E-state index contributed by atoms with van der Waals surface area (Å²) in [5.41, 5.74) is 7.70. The van der Waals surface area contributed by atoms with Crippen LogP contribution in [-0.4, -0.2) is 37.0 Å². The SMILES string of the molecule is CC(CNC(=O)Cc1ccc(CN)cc1)CN1CCCC1. The van der Waals surface area contributed by atoms with Crippen LogP contribution in [0.4, 0.5) is 0 Å². The first-order valence-corrected chi connectivity index (χ1v) is 7.94. The summed E-state index contributed by atoms with van der Waals surface area (Å²) in [6.07, 6.45) is 3.08. The van der Waals surface area contributed by atoms with E-state index in [2.05, 4.69) is 17.1 Å². The first kappa shape index (κ1) is 16.0. The summed E-state index contributed by atoms with van der Waals surface area (Å²) in [5.74, 6) is 0.607. The average Bonchev–Trinajstić information content (AvgIpc) is 2.99. The number of hydrogen-bond donors (Lipinski definition) is 2. The molecule has 1 saturated heterocycles. The molecular weight excluding hydrogens is 262 g/mol. The van der Waals surface area contributed by atoms with Crippen molar-refractivity contribution in [2.45, 2.75) is 32.7 Å². The van der Waals surface area contributed by atoms with Crippen molar-refractivity contribution in [3.63, 3.8) is 0 Å². The van der Waals surface area contributed by atoms with Gasteiger partial charge in [0.05, 0.1) is 6.42 Å². The zero-order valence-corrected chi connectivity index (χ0v) is 13.0. The van der Waals surface area contributed by atoms with E-state index in [0.29, 0.717) is 18.9 Å². The molecule has 0 bridgehead atoms. The second kappa shape index (κ2) is 8.15. The maximum Gasteiger partial charge on any atom is 0.224 e. The van der Waals surface area contributed by atoms with E-state index in [9.17, 15) is 4.79 Å². The van der Waals surface area contributed by atoms with Crippen LogP contribution in [0.2, 0.25) is 0 Å². The molecule has 116 valence electrons. The molecule has 1 aromatic carbocycles. The standard InChI is InChI=1S/C17H27N3O/c1-14(13-20-8-2-3-9-20)12-19-17(21)10-15-4-6-16(11-18)7-5-15/h4-7,14H,2-3,8-13,18H2,1H3,(H,19,21). The number of nitrogens with zero attached hydrogens (tertiary/aromatic N) is 1. The lowest BCUT2D eigenvalue weighted by Crippen LogP contribution is -2.35. The Balaban J connectivity index is 1.68. The lowest BCUT2D eigenvalue weighted by Gasteiger charge is -2.20. The van der Waals surface area contributed by atoms with Gasteiger partial charge in [0.25, 0.3) is 0 Å². The van der Waals surface area contributed by atoms with Crippen LogP contribution in [0.15, 0.2) is 24.3 Å². The summed E-state index contributed by atoms with van der Waals surface area (Å²) in [4.78, 5) is 14.4. The van der Waals surface area contributed by atoms with E-state index in [4.69, 9.17) is 5.73 Å². The monoisotopic (exact) mass is 289 g/mol. The topological polar surface area (TPSA) is 58.4 Å². The highest BCUT2D eigenvalue weighted by Gasteiger charge is 2.15. The molecule has 1 aliphatic heterocycles. The molecule has 4 nitrogen and oxygen atoms in total. The number of hydrogen-bond acceptors (Lipinski definition) is 3. The summed E-state index contributed by atoms with van der Waals surface area (Å²) < 4.78 is 0. The van der Waals surface area contributed by atoms with Crippen LogP contribution in [0.3, 0.4) is 0 Å². The quantitative estimate of drug-likeness (QED) is 0.800. The lowest BCUT2D eigenvalue weighted by molar-refractivity contribution is -0.120. The summed E-state index contributed by atoms with van der Waals surface area (Å²) in [6.45, 7) is 7.02. The van der Waals surface area contributed by atoms with Crippen LogP contribution in [0.1, 0.15) is 30.9 Å². The van der Waals surface area contributed by atoms with Crippen molar-refractivity contribution >= 4 is 5.91 Å². The minimum Gasteiger partial charge on any atom is -0.355 e. The number of carbonyl (C=O) groups excluding carboxylic acids is 1. The molecule has 1 heterocycles. The molecule has 1 aromatic rings. The Labute approximate surface area is 127 Å². The third kappa shape index (κ3) is 5.48. The molecule has 4 heteroatoms. The lowest BCUT2D eigenvalue weighted by atomic mass is 10.1. The fourth-order valence-corrected chi connectivity index (χ4v) is 2.80. The molecule has 0 spiro atoms. The van der Waals surface area contributed by atoms with E-state index in [-0.39, 0.29) is 5.91 Å². The maximum atomic E-state index is 12.0. The Morgan fingerprint density at radius 2 is 1.86 bits per heavy atom. The van der Waals surface area contributed by atoms with Gasteiger partial charge in [0.1, 0.15) is 0 Å². The Hall–Kier alpha value is -1.39. The normalized spacial score (nSPS) is 16.9. The molecule has 3 N–H and O–H groups in total. The van der Waals surface area contributed by atoms with E-state index >= 15 is 0 Å². The van der Waals surface area contributed by atoms with Gasteiger partial charge in [0.2, 0.25) is 5.91 Å². The van der Waals surface area contributed by atoms with Gasteiger partial charge in [-0.3, -0.25) is 4.79 Å². The van der Waals surface area contributed by atoms with Crippen LogP contribution >= 0.6 is 0 Å². The fraction of sp³-hybridized carbons (Fsp3) is 0.588. The molecule has 1 atom stereocenters. The number of nitrogens with two attached hydrogens (primary N) is 1. The molecule has 0 aromatic heterocycles. The minimum atomic E-state index is 0.101. The Morgan fingerprint density at radius 1 is 1.24 bits per heavy atom. The summed E-state index contributed by atoms with van der Waals surface area (Å²) in [5, 5.41) is 3.04. The highest BCUT2D eigenvalue weighted by atomic mass is 16.1. The number of amides is 1. The van der Waals surface area contributed by atoms with Gasteiger partial charge in [-0.1, -0.05) is 31.2 Å². The third-order valence-electron chi connectivity index (χ3n) is 4.04. The van der Waals surface area contributed by atoms with Crippen molar-refractivity contribution < 1.29 is 4.79 Å². The molecule has 0 radical (unpaired) electrons. The van der Waals surface area contributed by atoms with Crippen molar-refractivity contribution in [3.05, 3.63) is 35.4 Å². The van der Waals surface area contributed by atoms with E-state index in [0.717, 1.165) is 24.2 Å². The molecule has 1 aliphatic rings. The molecule has 0 aliphatic carbocycles. The van der Waals surface area contributed by atoms with Gasteiger partial charge in [-0.2, -0.15) is 0 Å². The first-order chi connectivity index (χ1) is 10.2. The van der Waals surface area contributed by atoms with E-state index < -0.39 is 0 Å². The number of carbonyl (C=O) groups is 1. The third-order valence-corrected chi connectivity index (χ3v) is 4.04. The molecule has 2 rings (SSSR count). The van der Waals surface area contributed by atoms with Crippen molar-refractivity contribution in [2.24, 2.45) is 11.7 Å². The smallest absolute Gasteiger partial charge is 0.224 e. The van der Waals surface area contributed by atoms with Crippen molar-refractivity contribution in [1.29, 1.82) is 0 Å². The molecule has 0 saturated carbocycles. The molecular formula is C17H27N3O. The van der Waals surface area contributed by atoms with E-state index in [1.807, 2.05) is 24.3 Å².